The lowest BCUT2D eigenvalue weighted by molar-refractivity contribution is 0.0596. The molecular formula is C17H12O7. The van der Waals surface area contributed by atoms with Gasteiger partial charge in [0.1, 0.15) is 22.8 Å². The number of carbonyl (C=O) groups excluding carboxylic acids is 3. The van der Waals surface area contributed by atoms with Crippen LogP contribution in [0.5, 0.6) is 17.2 Å². The first-order chi connectivity index (χ1) is 11.3. The van der Waals surface area contributed by atoms with Gasteiger partial charge in [0, 0.05) is 5.56 Å². The fraction of sp³-hybridized carbons (Fsp3) is 0.118. The molecule has 0 aromatic heterocycles. The van der Waals surface area contributed by atoms with Crippen molar-refractivity contribution in [3.8, 4) is 17.2 Å². The van der Waals surface area contributed by atoms with Crippen LogP contribution in [0, 0.1) is 6.92 Å². The Kier molecular flexibility index (Phi) is 3.30. The summed E-state index contributed by atoms with van der Waals surface area (Å²) < 4.78 is 4.49. The predicted molar refractivity (Wildman–Crippen MR) is 80.8 cm³/mol. The maximum absolute atomic E-state index is 12.7. The molecule has 122 valence electrons. The number of aryl methyl sites for hydroxylation is 1. The second-order valence-corrected chi connectivity index (χ2v) is 5.40. The van der Waals surface area contributed by atoms with Gasteiger partial charge in [0.15, 0.2) is 5.78 Å². The lowest BCUT2D eigenvalue weighted by Crippen LogP contribution is -2.22. The maximum atomic E-state index is 12.7. The molecule has 2 aromatic carbocycles. The third-order valence-corrected chi connectivity index (χ3v) is 3.87. The SMILES string of the molecule is COC(=O)c1cc(O)c2c(c1O)C(=O)c1cc(C)cc(O)c1C2=O. The normalized spacial score (nSPS) is 12.6. The highest BCUT2D eigenvalue weighted by molar-refractivity contribution is 6.31. The number of ether oxygens (including phenoxy) is 1. The third-order valence-electron chi connectivity index (χ3n) is 3.87. The second-order valence-electron chi connectivity index (χ2n) is 5.40. The molecule has 3 N–H and O–H groups in total. The number of ketones is 2. The van der Waals surface area contributed by atoms with Crippen LogP contribution in [0.15, 0.2) is 18.2 Å². The average molecular weight is 328 g/mol. The Balaban J connectivity index is 2.39. The van der Waals surface area contributed by atoms with Crippen LogP contribution < -0.4 is 0 Å². The van der Waals surface area contributed by atoms with Crippen molar-refractivity contribution in [2.75, 3.05) is 7.11 Å². The Morgan fingerprint density at radius 2 is 1.54 bits per heavy atom. The molecule has 0 heterocycles. The van der Waals surface area contributed by atoms with Gasteiger partial charge in [0.2, 0.25) is 5.78 Å². The van der Waals surface area contributed by atoms with Gasteiger partial charge in [0.25, 0.3) is 0 Å². The van der Waals surface area contributed by atoms with Crippen molar-refractivity contribution in [3.05, 3.63) is 51.6 Å². The summed E-state index contributed by atoms with van der Waals surface area (Å²) >= 11 is 0. The number of phenolic OH excluding ortho intramolecular Hbond substituents is 3. The molecule has 0 amide bonds. The van der Waals surface area contributed by atoms with Gasteiger partial charge in [-0.25, -0.2) is 4.79 Å². The zero-order valence-corrected chi connectivity index (χ0v) is 12.7. The van der Waals surface area contributed by atoms with E-state index >= 15 is 0 Å². The summed E-state index contributed by atoms with van der Waals surface area (Å²) in [6, 6.07) is 3.55. The average Bonchev–Trinajstić information content (AvgIpc) is 2.52. The molecule has 0 unspecified atom stereocenters. The molecule has 0 radical (unpaired) electrons. The van der Waals surface area contributed by atoms with Crippen molar-refractivity contribution in [2.24, 2.45) is 0 Å². The van der Waals surface area contributed by atoms with Crippen LogP contribution in [0.3, 0.4) is 0 Å². The summed E-state index contributed by atoms with van der Waals surface area (Å²) in [4.78, 5) is 37.0. The van der Waals surface area contributed by atoms with Crippen LogP contribution in [0.25, 0.3) is 0 Å². The van der Waals surface area contributed by atoms with Crippen LogP contribution >= 0.6 is 0 Å². The number of hydrogen-bond donors (Lipinski definition) is 3. The zero-order chi connectivity index (χ0) is 17.8. The zero-order valence-electron chi connectivity index (χ0n) is 12.7. The van der Waals surface area contributed by atoms with E-state index in [1.165, 1.54) is 12.1 Å². The van der Waals surface area contributed by atoms with E-state index in [2.05, 4.69) is 4.74 Å². The first-order valence-electron chi connectivity index (χ1n) is 6.88. The minimum atomic E-state index is -0.969. The number of aromatic hydroxyl groups is 3. The minimum absolute atomic E-state index is 0.110. The lowest BCUT2D eigenvalue weighted by Gasteiger charge is -2.21. The molecule has 0 aliphatic heterocycles. The van der Waals surface area contributed by atoms with Crippen molar-refractivity contribution in [3.63, 3.8) is 0 Å². The van der Waals surface area contributed by atoms with E-state index in [-0.39, 0.29) is 11.1 Å². The Labute approximate surface area is 135 Å². The standard InChI is InChI=1S/C17H12O7/c1-6-3-7-11(9(18)4-6)16(22)12-10(19)5-8(17(23)24-2)15(21)13(12)14(7)20/h3-5,18-19,21H,1-2H3. The van der Waals surface area contributed by atoms with Crippen molar-refractivity contribution in [2.45, 2.75) is 6.92 Å². The Morgan fingerprint density at radius 1 is 0.917 bits per heavy atom. The molecule has 7 heteroatoms. The molecule has 3 rings (SSSR count). The van der Waals surface area contributed by atoms with Gasteiger partial charge in [-0.15, -0.1) is 0 Å². The van der Waals surface area contributed by atoms with Crippen LogP contribution in [-0.2, 0) is 4.74 Å². The summed E-state index contributed by atoms with van der Waals surface area (Å²) in [6.45, 7) is 1.62. The Hall–Kier alpha value is -3.35. The van der Waals surface area contributed by atoms with Crippen molar-refractivity contribution < 1.29 is 34.4 Å². The summed E-state index contributed by atoms with van der Waals surface area (Å²) in [5.74, 6) is -4.38. The molecule has 0 atom stereocenters. The quantitative estimate of drug-likeness (QED) is 0.459. The van der Waals surface area contributed by atoms with E-state index < -0.39 is 51.5 Å². The van der Waals surface area contributed by atoms with E-state index in [0.29, 0.717) is 5.56 Å². The van der Waals surface area contributed by atoms with Crippen molar-refractivity contribution >= 4 is 17.5 Å². The molecule has 7 nitrogen and oxygen atoms in total. The van der Waals surface area contributed by atoms with Gasteiger partial charge in [0.05, 0.1) is 23.8 Å². The number of methoxy groups -OCH3 is 1. The van der Waals surface area contributed by atoms with E-state index in [4.69, 9.17) is 0 Å². The van der Waals surface area contributed by atoms with Gasteiger partial charge in [-0.2, -0.15) is 0 Å². The first-order valence-corrected chi connectivity index (χ1v) is 6.88. The number of hydrogen-bond acceptors (Lipinski definition) is 7. The second kappa shape index (κ2) is 5.09. The van der Waals surface area contributed by atoms with Gasteiger partial charge < -0.3 is 20.1 Å². The highest BCUT2D eigenvalue weighted by Gasteiger charge is 2.38. The Bertz CT molecular complexity index is 941. The monoisotopic (exact) mass is 328 g/mol. The van der Waals surface area contributed by atoms with Crippen LogP contribution in [-0.4, -0.2) is 40.0 Å². The number of benzene rings is 2. The maximum Gasteiger partial charge on any atom is 0.341 e. The van der Waals surface area contributed by atoms with Crippen LogP contribution in [0.2, 0.25) is 0 Å². The van der Waals surface area contributed by atoms with Crippen molar-refractivity contribution in [1.29, 1.82) is 0 Å². The predicted octanol–water partition coefficient (Wildman–Crippen LogP) is 1.67. The number of fused-ring (bicyclic) bond motifs is 2. The fourth-order valence-corrected chi connectivity index (χ4v) is 2.82. The van der Waals surface area contributed by atoms with Crippen LogP contribution in [0.1, 0.15) is 47.8 Å². The number of phenols is 3. The fourth-order valence-electron chi connectivity index (χ4n) is 2.82. The van der Waals surface area contributed by atoms with Crippen molar-refractivity contribution in [1.82, 2.24) is 0 Å². The summed E-state index contributed by atoms with van der Waals surface area (Å²) in [5, 5.41) is 30.4. The summed E-state index contributed by atoms with van der Waals surface area (Å²) in [5.41, 5.74) is -1.21. The van der Waals surface area contributed by atoms with Gasteiger partial charge in [-0.1, -0.05) is 0 Å². The topological polar surface area (TPSA) is 121 Å². The summed E-state index contributed by atoms with van der Waals surface area (Å²) in [7, 11) is 1.07. The minimum Gasteiger partial charge on any atom is -0.507 e. The first kappa shape index (κ1) is 15.5. The molecule has 2 aromatic rings. The lowest BCUT2D eigenvalue weighted by atomic mass is 9.81. The summed E-state index contributed by atoms with van der Waals surface area (Å²) in [6.07, 6.45) is 0. The van der Waals surface area contributed by atoms with Gasteiger partial charge >= 0.3 is 5.97 Å². The van der Waals surface area contributed by atoms with E-state index in [1.807, 2.05) is 0 Å². The molecule has 1 aliphatic rings. The molecule has 0 fully saturated rings. The third kappa shape index (κ3) is 1.95. The Morgan fingerprint density at radius 3 is 2.17 bits per heavy atom. The number of carbonyl (C=O) groups is 3. The van der Waals surface area contributed by atoms with Gasteiger partial charge in [-0.05, 0) is 30.7 Å². The highest BCUT2D eigenvalue weighted by atomic mass is 16.5. The largest absolute Gasteiger partial charge is 0.507 e. The number of esters is 1. The smallest absolute Gasteiger partial charge is 0.341 e. The van der Waals surface area contributed by atoms with E-state index in [1.54, 1.807) is 6.92 Å². The highest BCUT2D eigenvalue weighted by Crippen LogP contribution is 2.42. The van der Waals surface area contributed by atoms with E-state index in [9.17, 15) is 29.7 Å². The molecular weight excluding hydrogens is 316 g/mol. The molecule has 0 saturated heterocycles. The molecule has 0 spiro atoms. The van der Waals surface area contributed by atoms with E-state index in [0.717, 1.165) is 13.2 Å². The van der Waals surface area contributed by atoms with Gasteiger partial charge in [-0.3, -0.25) is 9.59 Å². The molecule has 0 bridgehead atoms. The molecule has 24 heavy (non-hydrogen) atoms. The number of rotatable bonds is 1. The molecule has 0 saturated carbocycles. The van der Waals surface area contributed by atoms with Crippen LogP contribution in [0.4, 0.5) is 0 Å². The molecule has 1 aliphatic carbocycles.